The zero-order valence-electron chi connectivity index (χ0n) is 10.3. The lowest BCUT2D eigenvalue weighted by molar-refractivity contribution is 0.601. The largest absolute Gasteiger partial charge is 0.281 e. The van der Waals surface area contributed by atoms with Gasteiger partial charge < -0.3 is 0 Å². The standard InChI is InChI=1S/C12H15N3O2S/c1-3-10-4-6-11(7-5-10)18(16,17)15-12-8-9(2)13-14-12/h4-8H,3H2,1-2H3,(H2,13,14,15). The number of aromatic nitrogens is 2. The molecule has 6 heteroatoms. The molecule has 0 aliphatic rings. The average Bonchev–Trinajstić information content (AvgIpc) is 2.74. The number of aromatic amines is 1. The first-order valence-corrected chi connectivity index (χ1v) is 7.13. The Bertz CT molecular complexity index is 630. The fraction of sp³-hybridized carbons (Fsp3) is 0.250. The second-order valence-corrected chi connectivity index (χ2v) is 5.72. The minimum Gasteiger partial charge on any atom is -0.281 e. The van der Waals surface area contributed by atoms with Crippen LogP contribution in [0.1, 0.15) is 18.2 Å². The summed E-state index contributed by atoms with van der Waals surface area (Å²) in [6, 6.07) is 8.45. The van der Waals surface area contributed by atoms with Gasteiger partial charge in [0.25, 0.3) is 10.0 Å². The van der Waals surface area contributed by atoms with E-state index in [0.29, 0.717) is 5.82 Å². The van der Waals surface area contributed by atoms with Gasteiger partial charge in [0.05, 0.1) is 4.90 Å². The summed E-state index contributed by atoms with van der Waals surface area (Å²) in [6.07, 6.45) is 0.881. The van der Waals surface area contributed by atoms with E-state index in [9.17, 15) is 8.42 Å². The number of sulfonamides is 1. The van der Waals surface area contributed by atoms with E-state index < -0.39 is 10.0 Å². The highest BCUT2D eigenvalue weighted by atomic mass is 32.2. The van der Waals surface area contributed by atoms with Gasteiger partial charge in [-0.2, -0.15) is 5.10 Å². The van der Waals surface area contributed by atoms with Crippen molar-refractivity contribution in [3.8, 4) is 0 Å². The number of H-pyrrole nitrogens is 1. The van der Waals surface area contributed by atoms with Crippen molar-refractivity contribution in [1.82, 2.24) is 10.2 Å². The van der Waals surface area contributed by atoms with Crippen molar-refractivity contribution >= 4 is 15.8 Å². The number of hydrogen-bond donors (Lipinski definition) is 2. The van der Waals surface area contributed by atoms with Gasteiger partial charge >= 0.3 is 0 Å². The molecule has 1 aromatic heterocycles. The summed E-state index contributed by atoms with van der Waals surface area (Å²) >= 11 is 0. The highest BCUT2D eigenvalue weighted by molar-refractivity contribution is 7.92. The van der Waals surface area contributed by atoms with Gasteiger partial charge in [-0.1, -0.05) is 19.1 Å². The Morgan fingerprint density at radius 1 is 1.28 bits per heavy atom. The van der Waals surface area contributed by atoms with Gasteiger partial charge in [-0.3, -0.25) is 9.82 Å². The van der Waals surface area contributed by atoms with Crippen molar-refractivity contribution in [2.45, 2.75) is 25.2 Å². The van der Waals surface area contributed by atoms with Crippen LogP contribution in [0.5, 0.6) is 0 Å². The van der Waals surface area contributed by atoms with E-state index in [1.54, 1.807) is 25.1 Å². The van der Waals surface area contributed by atoms with Crippen LogP contribution >= 0.6 is 0 Å². The van der Waals surface area contributed by atoms with Crippen LogP contribution in [0, 0.1) is 6.92 Å². The molecule has 0 aliphatic carbocycles. The summed E-state index contributed by atoms with van der Waals surface area (Å²) in [7, 11) is -3.56. The summed E-state index contributed by atoms with van der Waals surface area (Å²) in [5, 5.41) is 6.53. The highest BCUT2D eigenvalue weighted by Crippen LogP contribution is 2.15. The molecule has 0 atom stereocenters. The van der Waals surface area contributed by atoms with E-state index >= 15 is 0 Å². The third kappa shape index (κ3) is 2.70. The molecule has 0 spiro atoms. The topological polar surface area (TPSA) is 74.8 Å². The minimum atomic E-state index is -3.56. The monoisotopic (exact) mass is 265 g/mol. The summed E-state index contributed by atoms with van der Waals surface area (Å²) in [6.45, 7) is 3.83. The van der Waals surface area contributed by atoms with E-state index in [1.165, 1.54) is 0 Å². The second-order valence-electron chi connectivity index (χ2n) is 4.04. The van der Waals surface area contributed by atoms with Gasteiger partial charge in [-0.25, -0.2) is 8.42 Å². The van der Waals surface area contributed by atoms with Gasteiger partial charge in [0, 0.05) is 11.8 Å². The maximum absolute atomic E-state index is 12.0. The number of nitrogens with one attached hydrogen (secondary N) is 2. The van der Waals surface area contributed by atoms with Crippen molar-refractivity contribution in [3.05, 3.63) is 41.6 Å². The lowest BCUT2D eigenvalue weighted by Crippen LogP contribution is -2.13. The van der Waals surface area contributed by atoms with Crippen LogP contribution in [0.2, 0.25) is 0 Å². The van der Waals surface area contributed by atoms with E-state index in [4.69, 9.17) is 0 Å². The van der Waals surface area contributed by atoms with Gasteiger partial charge in [0.1, 0.15) is 0 Å². The Morgan fingerprint density at radius 3 is 2.44 bits per heavy atom. The molecule has 0 saturated heterocycles. The first-order valence-electron chi connectivity index (χ1n) is 5.65. The molecule has 0 bridgehead atoms. The molecule has 2 rings (SSSR count). The number of hydrogen-bond acceptors (Lipinski definition) is 3. The minimum absolute atomic E-state index is 0.236. The maximum Gasteiger partial charge on any atom is 0.263 e. The van der Waals surface area contributed by atoms with Crippen LogP contribution < -0.4 is 4.72 Å². The predicted octanol–water partition coefficient (Wildman–Crippen LogP) is 2.08. The molecule has 2 aromatic rings. The molecule has 1 heterocycles. The van der Waals surface area contributed by atoms with Crippen LogP contribution in [-0.4, -0.2) is 18.6 Å². The van der Waals surface area contributed by atoms with Gasteiger partial charge in [0.15, 0.2) is 5.82 Å². The summed E-state index contributed by atoms with van der Waals surface area (Å²) < 4.78 is 26.5. The highest BCUT2D eigenvalue weighted by Gasteiger charge is 2.15. The Morgan fingerprint density at radius 2 is 1.94 bits per heavy atom. The molecule has 5 nitrogen and oxygen atoms in total. The van der Waals surface area contributed by atoms with Crippen molar-refractivity contribution in [3.63, 3.8) is 0 Å². The van der Waals surface area contributed by atoms with E-state index in [2.05, 4.69) is 14.9 Å². The number of rotatable bonds is 4. The quantitative estimate of drug-likeness (QED) is 0.888. The Balaban J connectivity index is 2.24. The molecule has 0 fully saturated rings. The molecule has 1 aromatic carbocycles. The number of aryl methyl sites for hydroxylation is 2. The molecule has 0 aliphatic heterocycles. The van der Waals surface area contributed by atoms with Crippen LogP contribution in [-0.2, 0) is 16.4 Å². The van der Waals surface area contributed by atoms with Crippen LogP contribution in [0.4, 0.5) is 5.82 Å². The molecule has 0 amide bonds. The summed E-state index contributed by atoms with van der Waals surface area (Å²) in [5.41, 5.74) is 1.90. The zero-order valence-corrected chi connectivity index (χ0v) is 11.1. The number of benzene rings is 1. The Labute approximate surface area is 106 Å². The fourth-order valence-electron chi connectivity index (χ4n) is 1.57. The molecule has 96 valence electrons. The fourth-order valence-corrected chi connectivity index (χ4v) is 2.56. The molecule has 2 N–H and O–H groups in total. The first kappa shape index (κ1) is 12.6. The number of anilines is 1. The number of nitrogens with zero attached hydrogens (tertiary/aromatic N) is 1. The maximum atomic E-state index is 12.0. The van der Waals surface area contributed by atoms with Crippen molar-refractivity contribution in [2.75, 3.05) is 4.72 Å². The van der Waals surface area contributed by atoms with Crippen molar-refractivity contribution in [2.24, 2.45) is 0 Å². The van der Waals surface area contributed by atoms with Crippen LogP contribution in [0.25, 0.3) is 0 Å². The van der Waals surface area contributed by atoms with E-state index in [1.807, 2.05) is 19.1 Å². The SMILES string of the molecule is CCc1ccc(S(=O)(=O)Nc2cc(C)[nH]n2)cc1. The van der Waals surface area contributed by atoms with Gasteiger partial charge in [0.2, 0.25) is 0 Å². The molecular formula is C12H15N3O2S. The van der Waals surface area contributed by atoms with Crippen LogP contribution in [0.3, 0.4) is 0 Å². The smallest absolute Gasteiger partial charge is 0.263 e. The lowest BCUT2D eigenvalue weighted by atomic mass is 10.2. The Kier molecular flexibility index (Phi) is 3.38. The van der Waals surface area contributed by atoms with Crippen LogP contribution in [0.15, 0.2) is 35.2 Å². The summed E-state index contributed by atoms with van der Waals surface area (Å²) in [5.74, 6) is 0.298. The molecule has 0 unspecified atom stereocenters. The third-order valence-electron chi connectivity index (χ3n) is 2.59. The molecule has 0 saturated carbocycles. The predicted molar refractivity (Wildman–Crippen MR) is 70.0 cm³/mol. The molecule has 18 heavy (non-hydrogen) atoms. The molecule has 0 radical (unpaired) electrons. The normalized spacial score (nSPS) is 11.4. The van der Waals surface area contributed by atoms with Gasteiger partial charge in [-0.05, 0) is 31.0 Å². The van der Waals surface area contributed by atoms with Gasteiger partial charge in [-0.15, -0.1) is 0 Å². The third-order valence-corrected chi connectivity index (χ3v) is 3.96. The lowest BCUT2D eigenvalue weighted by Gasteiger charge is -2.05. The Hall–Kier alpha value is -1.82. The van der Waals surface area contributed by atoms with E-state index in [0.717, 1.165) is 17.7 Å². The zero-order chi connectivity index (χ0) is 13.2. The molecular weight excluding hydrogens is 250 g/mol. The summed E-state index contributed by atoms with van der Waals surface area (Å²) in [4.78, 5) is 0.236. The average molecular weight is 265 g/mol. The first-order chi connectivity index (χ1) is 8.51. The van der Waals surface area contributed by atoms with E-state index in [-0.39, 0.29) is 4.90 Å². The van der Waals surface area contributed by atoms with Crippen molar-refractivity contribution < 1.29 is 8.42 Å². The second kappa shape index (κ2) is 4.81. The van der Waals surface area contributed by atoms with Crippen molar-refractivity contribution in [1.29, 1.82) is 0 Å².